The molecule has 8 heteroatoms. The largest absolute Gasteiger partial charge is 0.504 e. The van der Waals surface area contributed by atoms with Crippen molar-refractivity contribution < 1.29 is 24.2 Å². The Bertz CT molecular complexity index is 1380. The molecule has 3 N–H and O–H groups in total. The summed E-state index contributed by atoms with van der Waals surface area (Å²) in [5.41, 5.74) is 3.57. The number of ketones is 1. The van der Waals surface area contributed by atoms with Crippen LogP contribution in [0.5, 0.6) is 11.5 Å². The summed E-state index contributed by atoms with van der Waals surface area (Å²) in [5, 5.41) is 17.6. The molecule has 0 bridgehead atoms. The van der Waals surface area contributed by atoms with E-state index in [4.69, 9.17) is 9.47 Å². The number of nitrogens with one attached hydrogen (secondary N) is 2. The van der Waals surface area contributed by atoms with Gasteiger partial charge < -0.3 is 25.2 Å². The molecule has 1 amide bonds. The van der Waals surface area contributed by atoms with Gasteiger partial charge in [-0.1, -0.05) is 12.1 Å². The van der Waals surface area contributed by atoms with Gasteiger partial charge in [-0.25, -0.2) is 4.79 Å². The van der Waals surface area contributed by atoms with Crippen LogP contribution < -0.4 is 15.4 Å². The van der Waals surface area contributed by atoms with Crippen molar-refractivity contribution in [3.63, 3.8) is 0 Å². The Morgan fingerprint density at radius 1 is 0.949 bits per heavy atom. The first-order valence-electron chi connectivity index (χ1n) is 13.7. The third kappa shape index (κ3) is 6.27. The maximum Gasteiger partial charge on any atom is 0.407 e. The number of benzene rings is 2. The molecule has 5 rings (SSSR count). The van der Waals surface area contributed by atoms with Crippen LogP contribution in [0.2, 0.25) is 0 Å². The first kappa shape index (κ1) is 26.8. The number of ether oxygens (including phenoxy) is 2. The van der Waals surface area contributed by atoms with Gasteiger partial charge in [0.1, 0.15) is 5.60 Å². The zero-order chi connectivity index (χ0) is 27.7. The lowest BCUT2D eigenvalue weighted by Gasteiger charge is -2.31. The summed E-state index contributed by atoms with van der Waals surface area (Å²) in [6.45, 7) is 5.57. The number of Topliss-reactive ketones (excluding diaryl/α,β-unsaturated/α-hetero) is 1. The van der Waals surface area contributed by atoms with E-state index in [0.29, 0.717) is 11.3 Å². The van der Waals surface area contributed by atoms with Crippen molar-refractivity contribution in [3.05, 3.63) is 48.2 Å². The Morgan fingerprint density at radius 2 is 1.62 bits per heavy atom. The quantitative estimate of drug-likeness (QED) is 0.300. The highest BCUT2D eigenvalue weighted by atomic mass is 16.6. The Kier molecular flexibility index (Phi) is 7.38. The fourth-order valence-corrected chi connectivity index (χ4v) is 5.20. The number of carbonyl (C=O) groups is 2. The molecule has 1 aromatic heterocycles. The second-order valence-corrected chi connectivity index (χ2v) is 11.6. The second kappa shape index (κ2) is 10.8. The highest BCUT2D eigenvalue weighted by molar-refractivity contribution is 6.10. The third-order valence-corrected chi connectivity index (χ3v) is 7.39. The Balaban J connectivity index is 1.41. The molecule has 2 fully saturated rings. The SMILES string of the molecule is COc1cc(-c2ccc3ncc(C(=O)C4CC4)c(NC4CCC(NC(=O)OC(C)(C)C)CC4)c3c2)ccc1O. The lowest BCUT2D eigenvalue weighted by Crippen LogP contribution is -2.42. The molecule has 0 radical (unpaired) electrons. The molecule has 0 spiro atoms. The second-order valence-electron chi connectivity index (χ2n) is 11.6. The summed E-state index contributed by atoms with van der Waals surface area (Å²) >= 11 is 0. The number of rotatable bonds is 7. The molecular formula is C31H37N3O5. The van der Waals surface area contributed by atoms with Crippen LogP contribution in [0.1, 0.15) is 69.7 Å². The summed E-state index contributed by atoms with van der Waals surface area (Å²) in [7, 11) is 1.53. The van der Waals surface area contributed by atoms with Crippen LogP contribution in [-0.4, -0.2) is 46.8 Å². The molecule has 2 aliphatic carbocycles. The van der Waals surface area contributed by atoms with E-state index in [1.165, 1.54) is 7.11 Å². The summed E-state index contributed by atoms with van der Waals surface area (Å²) in [6.07, 6.45) is 6.54. The molecule has 3 aromatic rings. The smallest absolute Gasteiger partial charge is 0.407 e. The van der Waals surface area contributed by atoms with Gasteiger partial charge in [-0.15, -0.1) is 0 Å². The van der Waals surface area contributed by atoms with Crippen LogP contribution in [0.4, 0.5) is 10.5 Å². The van der Waals surface area contributed by atoms with E-state index in [1.54, 1.807) is 18.3 Å². The van der Waals surface area contributed by atoms with Crippen molar-refractivity contribution in [1.82, 2.24) is 10.3 Å². The standard InChI is InChI=1S/C31H37N3O5/c1-31(2,3)39-30(37)34-22-11-9-21(10-12-22)33-28-23-15-19(20-8-14-26(35)27(16-20)38-4)7-13-25(23)32-17-24(28)29(36)18-5-6-18/h7-8,13-18,21-22,35H,5-6,9-12H2,1-4H3,(H,32,33)(H,34,37). The van der Waals surface area contributed by atoms with E-state index in [9.17, 15) is 14.7 Å². The molecule has 2 saturated carbocycles. The van der Waals surface area contributed by atoms with Crippen molar-refractivity contribution in [2.24, 2.45) is 5.92 Å². The van der Waals surface area contributed by atoms with E-state index in [0.717, 1.165) is 66.2 Å². The van der Waals surface area contributed by atoms with Gasteiger partial charge in [0.25, 0.3) is 0 Å². The van der Waals surface area contributed by atoms with Gasteiger partial charge in [0.2, 0.25) is 0 Å². The van der Waals surface area contributed by atoms with Gasteiger partial charge in [-0.2, -0.15) is 0 Å². The monoisotopic (exact) mass is 531 g/mol. The minimum atomic E-state index is -0.528. The fourth-order valence-electron chi connectivity index (χ4n) is 5.20. The first-order chi connectivity index (χ1) is 18.6. The zero-order valence-electron chi connectivity index (χ0n) is 23.0. The Morgan fingerprint density at radius 3 is 2.28 bits per heavy atom. The minimum Gasteiger partial charge on any atom is -0.504 e. The van der Waals surface area contributed by atoms with Gasteiger partial charge >= 0.3 is 6.09 Å². The maximum atomic E-state index is 13.3. The Hall–Kier alpha value is -3.81. The number of alkyl carbamates (subject to hydrolysis) is 1. The van der Waals surface area contributed by atoms with E-state index >= 15 is 0 Å². The highest BCUT2D eigenvalue weighted by Gasteiger charge is 2.33. The van der Waals surface area contributed by atoms with Crippen LogP contribution in [0.3, 0.4) is 0 Å². The van der Waals surface area contributed by atoms with Gasteiger partial charge in [-0.3, -0.25) is 9.78 Å². The predicted octanol–water partition coefficient (Wildman–Crippen LogP) is 6.46. The van der Waals surface area contributed by atoms with E-state index < -0.39 is 5.60 Å². The number of phenols is 1. The topological polar surface area (TPSA) is 110 Å². The number of hydrogen-bond acceptors (Lipinski definition) is 7. The van der Waals surface area contributed by atoms with Crippen LogP contribution in [0.25, 0.3) is 22.0 Å². The number of aromatic hydroxyl groups is 1. The fraction of sp³-hybridized carbons (Fsp3) is 0.452. The first-order valence-corrected chi connectivity index (χ1v) is 13.7. The normalized spacial score (nSPS) is 19.4. The van der Waals surface area contributed by atoms with Crippen molar-refractivity contribution >= 4 is 28.5 Å². The number of amides is 1. The molecule has 0 saturated heterocycles. The summed E-state index contributed by atoms with van der Waals surface area (Å²) in [5.74, 6) is 0.700. The molecule has 2 aliphatic rings. The van der Waals surface area contributed by atoms with Gasteiger partial charge in [0.05, 0.1) is 23.9 Å². The number of pyridine rings is 1. The average Bonchev–Trinajstić information content (AvgIpc) is 3.74. The maximum absolute atomic E-state index is 13.3. The number of carbonyl (C=O) groups excluding carboxylic acids is 2. The summed E-state index contributed by atoms with van der Waals surface area (Å²) in [6, 6.07) is 11.5. The molecule has 0 aliphatic heterocycles. The molecule has 8 nitrogen and oxygen atoms in total. The number of aromatic nitrogens is 1. The van der Waals surface area contributed by atoms with E-state index in [1.807, 2.05) is 39.0 Å². The van der Waals surface area contributed by atoms with Crippen LogP contribution >= 0.6 is 0 Å². The minimum absolute atomic E-state index is 0.0655. The zero-order valence-corrected chi connectivity index (χ0v) is 23.0. The van der Waals surface area contributed by atoms with Crippen molar-refractivity contribution in [2.75, 3.05) is 12.4 Å². The number of fused-ring (bicyclic) bond motifs is 1. The van der Waals surface area contributed by atoms with Crippen LogP contribution in [0.15, 0.2) is 42.6 Å². The number of hydrogen-bond donors (Lipinski definition) is 3. The van der Waals surface area contributed by atoms with Crippen molar-refractivity contribution in [2.45, 2.75) is 77.0 Å². The van der Waals surface area contributed by atoms with Crippen LogP contribution in [0, 0.1) is 5.92 Å². The molecular weight excluding hydrogens is 494 g/mol. The Labute approximate surface area is 229 Å². The molecule has 1 heterocycles. The molecule has 2 aromatic carbocycles. The van der Waals surface area contributed by atoms with E-state index in [-0.39, 0.29) is 35.6 Å². The summed E-state index contributed by atoms with van der Waals surface area (Å²) in [4.78, 5) is 30.2. The average molecular weight is 532 g/mol. The van der Waals surface area contributed by atoms with Crippen LogP contribution in [-0.2, 0) is 4.74 Å². The lowest BCUT2D eigenvalue weighted by molar-refractivity contribution is 0.0492. The molecule has 0 unspecified atom stereocenters. The van der Waals surface area contributed by atoms with E-state index in [2.05, 4.69) is 21.7 Å². The molecule has 0 atom stereocenters. The molecule has 206 valence electrons. The highest BCUT2D eigenvalue weighted by Crippen LogP contribution is 2.39. The summed E-state index contributed by atoms with van der Waals surface area (Å²) < 4.78 is 10.7. The van der Waals surface area contributed by atoms with Gasteiger partial charge in [-0.05, 0) is 94.7 Å². The van der Waals surface area contributed by atoms with Gasteiger partial charge in [0, 0.05) is 29.6 Å². The number of phenolic OH excluding ortho intramolecular Hbond substituents is 1. The van der Waals surface area contributed by atoms with Gasteiger partial charge in [0.15, 0.2) is 17.3 Å². The lowest BCUT2D eigenvalue weighted by atomic mass is 9.90. The number of nitrogens with zero attached hydrogens (tertiary/aromatic N) is 1. The number of methoxy groups -OCH3 is 1. The predicted molar refractivity (Wildman–Crippen MR) is 151 cm³/mol. The van der Waals surface area contributed by atoms with Crippen molar-refractivity contribution in [1.29, 1.82) is 0 Å². The molecule has 39 heavy (non-hydrogen) atoms. The number of anilines is 1. The third-order valence-electron chi connectivity index (χ3n) is 7.39. The van der Waals surface area contributed by atoms with Crippen molar-refractivity contribution in [3.8, 4) is 22.6 Å².